The molecule has 3 aromatic rings. The Morgan fingerprint density at radius 1 is 1.17 bits per heavy atom. The zero-order valence-electron chi connectivity index (χ0n) is 16.1. The normalized spacial score (nSPS) is 15.9. The van der Waals surface area contributed by atoms with Crippen molar-refractivity contribution < 1.29 is 22.0 Å². The largest absolute Gasteiger partial charge is 0.459 e. The van der Waals surface area contributed by atoms with Crippen LogP contribution in [0.4, 0.5) is 5.69 Å². The molecule has 158 valence electrons. The molecule has 0 unspecified atom stereocenters. The van der Waals surface area contributed by atoms with Gasteiger partial charge in [-0.1, -0.05) is 11.8 Å². The number of amides is 1. The van der Waals surface area contributed by atoms with E-state index in [0.717, 1.165) is 24.6 Å². The molecule has 0 spiro atoms. The topological polar surface area (TPSA) is 119 Å². The minimum atomic E-state index is -3.48. The van der Waals surface area contributed by atoms with E-state index in [1.165, 1.54) is 22.7 Å². The molecule has 1 aromatic carbocycles. The molecule has 1 N–H and O–H groups in total. The first-order chi connectivity index (χ1) is 14.4. The van der Waals surface area contributed by atoms with Crippen LogP contribution in [0.3, 0.4) is 0 Å². The van der Waals surface area contributed by atoms with E-state index in [1.54, 1.807) is 31.2 Å². The van der Waals surface area contributed by atoms with Crippen LogP contribution in [0.1, 0.15) is 19.8 Å². The van der Waals surface area contributed by atoms with Gasteiger partial charge >= 0.3 is 0 Å². The van der Waals surface area contributed by atoms with Crippen molar-refractivity contribution in [2.75, 3.05) is 18.4 Å². The lowest BCUT2D eigenvalue weighted by molar-refractivity contribution is -0.115. The lowest BCUT2D eigenvalue weighted by Gasteiger charge is -2.16. The minimum absolute atomic E-state index is 0.223. The molecule has 2 aromatic heterocycles. The van der Waals surface area contributed by atoms with Crippen LogP contribution in [0, 0.1) is 0 Å². The number of carbonyl (C=O) groups is 1. The van der Waals surface area contributed by atoms with E-state index < -0.39 is 15.3 Å². The van der Waals surface area contributed by atoms with E-state index in [2.05, 4.69) is 15.5 Å². The van der Waals surface area contributed by atoms with Gasteiger partial charge in [-0.2, -0.15) is 4.31 Å². The number of hydrogen-bond acceptors (Lipinski definition) is 8. The Balaban J connectivity index is 1.36. The Hall–Kier alpha value is -2.63. The number of rotatable bonds is 7. The van der Waals surface area contributed by atoms with Crippen LogP contribution in [0.5, 0.6) is 0 Å². The fraction of sp³-hybridized carbons (Fsp3) is 0.316. The number of benzene rings is 1. The Morgan fingerprint density at radius 2 is 1.90 bits per heavy atom. The summed E-state index contributed by atoms with van der Waals surface area (Å²) in [5.41, 5.74) is 0.509. The molecular weight excluding hydrogens is 428 g/mol. The Morgan fingerprint density at radius 3 is 2.57 bits per heavy atom. The van der Waals surface area contributed by atoms with Gasteiger partial charge in [-0.25, -0.2) is 8.42 Å². The van der Waals surface area contributed by atoms with Gasteiger partial charge in [-0.15, -0.1) is 10.2 Å². The maximum Gasteiger partial charge on any atom is 0.284 e. The van der Waals surface area contributed by atoms with E-state index >= 15 is 0 Å². The zero-order valence-corrected chi connectivity index (χ0v) is 17.8. The first-order valence-corrected chi connectivity index (χ1v) is 11.7. The van der Waals surface area contributed by atoms with Crippen molar-refractivity contribution in [2.24, 2.45) is 0 Å². The third-order valence-corrected chi connectivity index (χ3v) is 7.46. The van der Waals surface area contributed by atoms with Crippen molar-refractivity contribution in [2.45, 2.75) is 35.1 Å². The number of hydrogen-bond donors (Lipinski definition) is 1. The van der Waals surface area contributed by atoms with Crippen LogP contribution in [0.2, 0.25) is 0 Å². The number of sulfonamides is 1. The van der Waals surface area contributed by atoms with Gasteiger partial charge in [0.2, 0.25) is 15.9 Å². The van der Waals surface area contributed by atoms with Crippen LogP contribution < -0.4 is 5.32 Å². The number of aromatic nitrogens is 2. The summed E-state index contributed by atoms with van der Waals surface area (Å²) in [5.74, 6) is 0.424. The molecular formula is C19H20N4O5S2. The maximum absolute atomic E-state index is 12.6. The lowest BCUT2D eigenvalue weighted by atomic mass is 10.3. The molecule has 0 saturated carbocycles. The maximum atomic E-state index is 12.6. The molecule has 1 amide bonds. The van der Waals surface area contributed by atoms with E-state index in [9.17, 15) is 13.2 Å². The van der Waals surface area contributed by atoms with Gasteiger partial charge in [0.05, 0.1) is 16.4 Å². The molecule has 0 aliphatic carbocycles. The van der Waals surface area contributed by atoms with Crippen LogP contribution in [0.25, 0.3) is 11.7 Å². The van der Waals surface area contributed by atoms with Crippen molar-refractivity contribution in [3.8, 4) is 11.7 Å². The highest BCUT2D eigenvalue weighted by Gasteiger charge is 2.27. The van der Waals surface area contributed by atoms with Gasteiger partial charge in [-0.05, 0) is 56.2 Å². The quantitative estimate of drug-likeness (QED) is 0.547. The van der Waals surface area contributed by atoms with Crippen molar-refractivity contribution in [1.82, 2.24) is 14.5 Å². The van der Waals surface area contributed by atoms with Gasteiger partial charge in [-0.3, -0.25) is 4.79 Å². The molecule has 30 heavy (non-hydrogen) atoms. The first kappa shape index (κ1) is 20.6. The molecule has 0 bridgehead atoms. The fourth-order valence-electron chi connectivity index (χ4n) is 2.99. The van der Waals surface area contributed by atoms with E-state index in [-0.39, 0.29) is 21.9 Å². The molecule has 9 nitrogen and oxygen atoms in total. The molecule has 1 saturated heterocycles. The number of furan rings is 1. The van der Waals surface area contributed by atoms with Crippen molar-refractivity contribution in [3.05, 3.63) is 42.7 Å². The van der Waals surface area contributed by atoms with Gasteiger partial charge in [0.1, 0.15) is 0 Å². The van der Waals surface area contributed by atoms with Crippen LogP contribution in [-0.4, -0.2) is 47.2 Å². The van der Waals surface area contributed by atoms with Gasteiger partial charge in [0.15, 0.2) is 5.76 Å². The SMILES string of the molecule is C[C@H](Sc1nnc(-c2ccco2)o1)C(=O)Nc1ccc(S(=O)(=O)N2CCCC2)cc1. The third-order valence-electron chi connectivity index (χ3n) is 4.61. The number of thioether (sulfide) groups is 1. The highest BCUT2D eigenvalue weighted by Crippen LogP contribution is 2.27. The second kappa shape index (κ2) is 8.62. The number of nitrogens with zero attached hydrogens (tertiary/aromatic N) is 3. The summed E-state index contributed by atoms with van der Waals surface area (Å²) < 4.78 is 37.3. The monoisotopic (exact) mass is 448 g/mol. The Bertz CT molecular complexity index is 1100. The number of carbonyl (C=O) groups excluding carboxylic acids is 1. The highest BCUT2D eigenvalue weighted by molar-refractivity contribution is 8.00. The third kappa shape index (κ3) is 4.42. The number of nitrogens with one attached hydrogen (secondary N) is 1. The molecule has 4 rings (SSSR count). The molecule has 0 radical (unpaired) electrons. The van der Waals surface area contributed by atoms with Crippen molar-refractivity contribution in [1.29, 1.82) is 0 Å². The van der Waals surface area contributed by atoms with E-state index in [0.29, 0.717) is 24.5 Å². The lowest BCUT2D eigenvalue weighted by Crippen LogP contribution is -2.27. The number of anilines is 1. The predicted octanol–water partition coefficient (Wildman–Crippen LogP) is 3.23. The summed E-state index contributed by atoms with van der Waals surface area (Å²) >= 11 is 1.12. The zero-order chi connectivity index (χ0) is 21.1. The first-order valence-electron chi connectivity index (χ1n) is 9.38. The molecule has 1 aliphatic heterocycles. The molecule has 11 heteroatoms. The fourth-order valence-corrected chi connectivity index (χ4v) is 5.19. The molecule has 1 fully saturated rings. The van der Waals surface area contributed by atoms with Crippen LogP contribution in [-0.2, 0) is 14.8 Å². The summed E-state index contributed by atoms with van der Waals surface area (Å²) in [4.78, 5) is 12.7. The summed E-state index contributed by atoms with van der Waals surface area (Å²) in [6.07, 6.45) is 3.27. The summed E-state index contributed by atoms with van der Waals surface area (Å²) in [6, 6.07) is 9.60. The van der Waals surface area contributed by atoms with E-state index in [4.69, 9.17) is 8.83 Å². The van der Waals surface area contributed by atoms with Gasteiger partial charge in [0.25, 0.3) is 11.1 Å². The molecule has 3 heterocycles. The molecule has 1 aliphatic rings. The van der Waals surface area contributed by atoms with Gasteiger partial charge in [0, 0.05) is 18.8 Å². The van der Waals surface area contributed by atoms with Crippen LogP contribution >= 0.6 is 11.8 Å². The second-order valence-corrected chi connectivity index (χ2v) is 9.97. The Kier molecular flexibility index (Phi) is 5.93. The standard InChI is InChI=1S/C19H20N4O5S2/c1-13(29-19-22-21-18(28-19)16-5-4-12-27-16)17(24)20-14-6-8-15(9-7-14)30(25,26)23-10-2-3-11-23/h4-9,12-13H,2-3,10-11H2,1H3,(H,20,24)/t13-/m0/s1. The average Bonchev–Trinajstić information content (AvgIpc) is 3.49. The smallest absolute Gasteiger partial charge is 0.284 e. The minimum Gasteiger partial charge on any atom is -0.459 e. The highest BCUT2D eigenvalue weighted by atomic mass is 32.2. The average molecular weight is 449 g/mol. The predicted molar refractivity (Wildman–Crippen MR) is 110 cm³/mol. The van der Waals surface area contributed by atoms with Crippen molar-refractivity contribution in [3.63, 3.8) is 0 Å². The van der Waals surface area contributed by atoms with Crippen molar-refractivity contribution >= 4 is 33.4 Å². The molecule has 1 atom stereocenters. The Labute approximate surface area is 177 Å². The second-order valence-electron chi connectivity index (χ2n) is 6.74. The van der Waals surface area contributed by atoms with E-state index in [1.807, 2.05) is 0 Å². The summed E-state index contributed by atoms with van der Waals surface area (Å²) in [5, 5.41) is 10.3. The summed E-state index contributed by atoms with van der Waals surface area (Å²) in [6.45, 7) is 2.81. The summed E-state index contributed by atoms with van der Waals surface area (Å²) in [7, 11) is -3.48. The van der Waals surface area contributed by atoms with Crippen LogP contribution in [0.15, 0.2) is 61.6 Å². The van der Waals surface area contributed by atoms with Gasteiger partial charge < -0.3 is 14.2 Å².